The van der Waals surface area contributed by atoms with Gasteiger partial charge in [0.25, 0.3) is 6.47 Å². The topological polar surface area (TPSA) is 90.9 Å². The van der Waals surface area contributed by atoms with Gasteiger partial charge in [-0.05, 0) is 26.7 Å². The highest BCUT2D eigenvalue weighted by Gasteiger charge is 2.64. The molecule has 0 radical (unpaired) electrons. The van der Waals surface area contributed by atoms with Crippen LogP contribution in [0.25, 0.3) is 0 Å². The molecule has 1 saturated heterocycles. The van der Waals surface area contributed by atoms with Gasteiger partial charge in [-0.3, -0.25) is 9.59 Å². The summed E-state index contributed by atoms with van der Waals surface area (Å²) in [5.74, 6) is -0.711. The normalized spacial score (nSPS) is 24.3. The van der Waals surface area contributed by atoms with Crippen molar-refractivity contribution in [1.82, 2.24) is 5.32 Å². The highest BCUT2D eigenvalue weighted by atomic mass is 32.2. The summed E-state index contributed by atoms with van der Waals surface area (Å²) in [6.07, 6.45) is -1.52. The van der Waals surface area contributed by atoms with Crippen LogP contribution in [0.3, 0.4) is 0 Å². The van der Waals surface area contributed by atoms with Crippen LogP contribution in [0.2, 0.25) is 0 Å². The number of carbonyl (C=O) groups is 3. The number of esters is 1. The van der Waals surface area contributed by atoms with E-state index in [9.17, 15) is 14.4 Å². The third kappa shape index (κ3) is 5.29. The zero-order valence-electron chi connectivity index (χ0n) is 15.2. The van der Waals surface area contributed by atoms with Crippen LogP contribution < -0.4 is 5.32 Å². The van der Waals surface area contributed by atoms with E-state index in [1.54, 1.807) is 34.6 Å². The summed E-state index contributed by atoms with van der Waals surface area (Å²) >= 11 is 1.30. The summed E-state index contributed by atoms with van der Waals surface area (Å²) < 4.78 is 15.3. The molecule has 1 aliphatic heterocycles. The van der Waals surface area contributed by atoms with Crippen molar-refractivity contribution >= 4 is 30.3 Å². The monoisotopic (exact) mass is 361 g/mol. The van der Waals surface area contributed by atoms with E-state index >= 15 is 0 Å². The molecule has 138 valence electrons. The number of hydrogen-bond acceptors (Lipinski definition) is 7. The molecule has 8 heteroatoms. The molecule has 1 N–H and O–H groups in total. The van der Waals surface area contributed by atoms with Gasteiger partial charge in [-0.25, -0.2) is 4.79 Å². The fraction of sp³-hybridized carbons (Fsp3) is 0.812. The fourth-order valence-electron chi connectivity index (χ4n) is 2.08. The van der Waals surface area contributed by atoms with E-state index in [-0.39, 0.29) is 18.3 Å². The van der Waals surface area contributed by atoms with E-state index in [1.807, 2.05) is 13.8 Å². The smallest absolute Gasteiger partial charge is 0.408 e. The van der Waals surface area contributed by atoms with E-state index in [1.165, 1.54) is 11.8 Å². The largest absolute Gasteiger partial charge is 0.444 e. The van der Waals surface area contributed by atoms with Crippen molar-refractivity contribution in [3.8, 4) is 0 Å². The number of ether oxygens (including phenoxy) is 3. The van der Waals surface area contributed by atoms with Gasteiger partial charge in [0.15, 0.2) is 0 Å². The molecule has 1 amide bonds. The molecule has 0 aromatic heterocycles. The highest BCUT2D eigenvalue weighted by Crippen LogP contribution is 2.56. The second-order valence-corrected chi connectivity index (χ2v) is 8.74. The summed E-state index contributed by atoms with van der Waals surface area (Å²) in [5, 5.41) is 2.21. The summed E-state index contributed by atoms with van der Waals surface area (Å²) in [4.78, 5) is 34.1. The summed E-state index contributed by atoms with van der Waals surface area (Å²) in [5.41, 5.74) is -0.627. The quantitative estimate of drug-likeness (QED) is 0.323. The third-order valence-corrected chi connectivity index (χ3v) is 5.12. The van der Waals surface area contributed by atoms with Crippen molar-refractivity contribution in [3.05, 3.63) is 0 Å². The second-order valence-electron chi connectivity index (χ2n) is 7.35. The SMILES string of the molecule is CC(C)C(OC=O)OC(=O)C1SC1(NC(=O)OC(C)(C)C)C(C)C. The van der Waals surface area contributed by atoms with Crippen LogP contribution in [-0.4, -0.2) is 40.5 Å². The van der Waals surface area contributed by atoms with Crippen LogP contribution in [-0.2, 0) is 23.8 Å². The van der Waals surface area contributed by atoms with Gasteiger partial charge in [0.1, 0.15) is 15.7 Å². The van der Waals surface area contributed by atoms with Gasteiger partial charge in [0.2, 0.25) is 6.29 Å². The number of nitrogens with one attached hydrogen (secondary N) is 1. The van der Waals surface area contributed by atoms with Crippen LogP contribution in [0.15, 0.2) is 0 Å². The molecule has 24 heavy (non-hydrogen) atoms. The first-order valence-electron chi connectivity index (χ1n) is 7.91. The van der Waals surface area contributed by atoms with Gasteiger partial charge >= 0.3 is 12.1 Å². The van der Waals surface area contributed by atoms with Crippen LogP contribution in [0.4, 0.5) is 4.79 Å². The molecule has 1 fully saturated rings. The predicted molar refractivity (Wildman–Crippen MR) is 90.2 cm³/mol. The Balaban J connectivity index is 2.74. The maximum absolute atomic E-state index is 12.4. The number of amides is 1. The number of alkyl carbamates (subject to hydrolysis) is 1. The lowest BCUT2D eigenvalue weighted by Gasteiger charge is -2.25. The zero-order chi connectivity index (χ0) is 18.7. The lowest BCUT2D eigenvalue weighted by Crippen LogP contribution is -2.47. The molecule has 0 aliphatic carbocycles. The molecule has 3 atom stereocenters. The molecule has 0 saturated carbocycles. The first-order valence-corrected chi connectivity index (χ1v) is 8.79. The van der Waals surface area contributed by atoms with Crippen molar-refractivity contribution in [3.63, 3.8) is 0 Å². The highest BCUT2D eigenvalue weighted by molar-refractivity contribution is 8.09. The van der Waals surface area contributed by atoms with Crippen molar-refractivity contribution in [2.75, 3.05) is 0 Å². The Morgan fingerprint density at radius 2 is 1.79 bits per heavy atom. The Bertz CT molecular complexity index is 487. The Labute approximate surface area is 147 Å². The standard InChI is InChI=1S/C16H27NO6S/c1-9(2)13(21-8-18)22-12(19)11-16(24-11,10(3)4)17-14(20)23-15(5,6)7/h8-11,13H,1-7H3,(H,17,20). The maximum atomic E-state index is 12.4. The number of thioether (sulfide) groups is 1. The van der Waals surface area contributed by atoms with Gasteiger partial charge in [0.05, 0.1) is 0 Å². The number of carbonyl (C=O) groups excluding carboxylic acids is 3. The van der Waals surface area contributed by atoms with E-state index < -0.39 is 34.1 Å². The third-order valence-electron chi connectivity index (χ3n) is 3.38. The Kier molecular flexibility index (Phi) is 6.55. The first kappa shape index (κ1) is 20.6. The molecule has 1 heterocycles. The minimum Gasteiger partial charge on any atom is -0.444 e. The van der Waals surface area contributed by atoms with Crippen molar-refractivity contribution in [2.45, 2.75) is 70.5 Å². The number of rotatable bonds is 7. The first-order chi connectivity index (χ1) is 10.9. The lowest BCUT2D eigenvalue weighted by molar-refractivity contribution is -0.186. The second kappa shape index (κ2) is 7.63. The van der Waals surface area contributed by atoms with Crippen LogP contribution >= 0.6 is 11.8 Å². The molecule has 1 aliphatic rings. The van der Waals surface area contributed by atoms with E-state index in [4.69, 9.17) is 14.2 Å². The Morgan fingerprint density at radius 3 is 2.21 bits per heavy atom. The van der Waals surface area contributed by atoms with Crippen molar-refractivity contribution in [2.24, 2.45) is 11.8 Å². The van der Waals surface area contributed by atoms with E-state index in [0.29, 0.717) is 0 Å². The maximum Gasteiger partial charge on any atom is 0.408 e. The molecule has 0 spiro atoms. The van der Waals surface area contributed by atoms with Gasteiger partial charge in [-0.15, -0.1) is 11.8 Å². The molecule has 1 rings (SSSR count). The summed E-state index contributed by atoms with van der Waals surface area (Å²) in [6, 6.07) is 0. The van der Waals surface area contributed by atoms with Gasteiger partial charge < -0.3 is 19.5 Å². The lowest BCUT2D eigenvalue weighted by atomic mass is 10.0. The molecule has 0 aromatic rings. The van der Waals surface area contributed by atoms with Crippen molar-refractivity contribution in [1.29, 1.82) is 0 Å². The minimum absolute atomic E-state index is 0.0166. The zero-order valence-corrected chi connectivity index (χ0v) is 16.1. The van der Waals surface area contributed by atoms with Crippen LogP contribution in [0.5, 0.6) is 0 Å². The fourth-order valence-corrected chi connectivity index (χ4v) is 3.39. The molecule has 7 nitrogen and oxygen atoms in total. The predicted octanol–water partition coefficient (Wildman–Crippen LogP) is 2.68. The Hall–Kier alpha value is -1.44. The number of hydrogen-bond donors (Lipinski definition) is 1. The summed E-state index contributed by atoms with van der Waals surface area (Å²) in [6.45, 7) is 12.9. The van der Waals surface area contributed by atoms with Crippen LogP contribution in [0, 0.1) is 11.8 Å². The molecule has 0 aromatic carbocycles. The average molecular weight is 361 g/mol. The van der Waals surface area contributed by atoms with Crippen molar-refractivity contribution < 1.29 is 28.6 Å². The Morgan fingerprint density at radius 1 is 1.21 bits per heavy atom. The van der Waals surface area contributed by atoms with Gasteiger partial charge in [-0.1, -0.05) is 27.7 Å². The average Bonchev–Trinajstić information content (AvgIpc) is 3.11. The molecular formula is C16H27NO6S. The molecule has 0 bridgehead atoms. The molecular weight excluding hydrogens is 334 g/mol. The van der Waals surface area contributed by atoms with Gasteiger partial charge in [0, 0.05) is 5.92 Å². The van der Waals surface area contributed by atoms with E-state index in [2.05, 4.69) is 5.32 Å². The molecule has 3 unspecified atom stereocenters. The van der Waals surface area contributed by atoms with E-state index in [0.717, 1.165) is 0 Å². The summed E-state index contributed by atoms with van der Waals surface area (Å²) in [7, 11) is 0. The minimum atomic E-state index is -0.942. The van der Waals surface area contributed by atoms with Gasteiger partial charge in [-0.2, -0.15) is 0 Å². The van der Waals surface area contributed by atoms with Crippen LogP contribution in [0.1, 0.15) is 48.5 Å².